The standard InChI is InChI=1S/C26H37N3O5S/c1-8-23(26(31)27-18(2)3)28(16-21-10-12-22(34-6)13-11-21)25(30)17-29(35(7,32)33)24-14-9-19(4)15-20(24)5/h9-15,18,23H,8,16-17H2,1-7H3,(H,27,31)/t23-/m0/s1. The van der Waals surface area contributed by atoms with Gasteiger partial charge in [0.25, 0.3) is 0 Å². The largest absolute Gasteiger partial charge is 0.497 e. The zero-order valence-corrected chi connectivity index (χ0v) is 22.5. The fourth-order valence-electron chi connectivity index (χ4n) is 3.91. The molecule has 35 heavy (non-hydrogen) atoms. The average Bonchev–Trinajstić information content (AvgIpc) is 2.77. The van der Waals surface area contributed by atoms with Gasteiger partial charge in [-0.2, -0.15) is 0 Å². The Hall–Kier alpha value is -3.07. The van der Waals surface area contributed by atoms with Crippen LogP contribution in [-0.2, 0) is 26.2 Å². The van der Waals surface area contributed by atoms with Gasteiger partial charge in [0, 0.05) is 12.6 Å². The van der Waals surface area contributed by atoms with Crippen molar-refractivity contribution in [2.75, 3.05) is 24.2 Å². The van der Waals surface area contributed by atoms with E-state index in [4.69, 9.17) is 4.74 Å². The molecule has 0 aromatic heterocycles. The van der Waals surface area contributed by atoms with Crippen LogP contribution in [0.1, 0.15) is 43.9 Å². The Morgan fingerprint density at radius 2 is 1.69 bits per heavy atom. The van der Waals surface area contributed by atoms with E-state index in [0.717, 1.165) is 27.3 Å². The van der Waals surface area contributed by atoms with Crippen LogP contribution in [0.2, 0.25) is 0 Å². The van der Waals surface area contributed by atoms with E-state index >= 15 is 0 Å². The quantitative estimate of drug-likeness (QED) is 0.507. The van der Waals surface area contributed by atoms with Gasteiger partial charge in [-0.3, -0.25) is 13.9 Å². The predicted molar refractivity (Wildman–Crippen MR) is 139 cm³/mol. The number of methoxy groups -OCH3 is 1. The van der Waals surface area contributed by atoms with Crippen LogP contribution in [0.25, 0.3) is 0 Å². The van der Waals surface area contributed by atoms with Gasteiger partial charge in [0.15, 0.2) is 0 Å². The Morgan fingerprint density at radius 3 is 2.17 bits per heavy atom. The minimum Gasteiger partial charge on any atom is -0.497 e. The molecule has 1 atom stereocenters. The number of anilines is 1. The van der Waals surface area contributed by atoms with E-state index in [9.17, 15) is 18.0 Å². The summed E-state index contributed by atoms with van der Waals surface area (Å²) in [5, 5.41) is 2.88. The molecule has 0 radical (unpaired) electrons. The molecule has 0 fully saturated rings. The van der Waals surface area contributed by atoms with E-state index in [0.29, 0.717) is 17.9 Å². The smallest absolute Gasteiger partial charge is 0.244 e. The number of ether oxygens (including phenoxy) is 1. The maximum Gasteiger partial charge on any atom is 0.244 e. The lowest BCUT2D eigenvalue weighted by Crippen LogP contribution is -2.53. The molecule has 2 amide bonds. The van der Waals surface area contributed by atoms with E-state index < -0.39 is 28.5 Å². The molecule has 2 rings (SSSR count). The first-order chi connectivity index (χ1) is 16.4. The van der Waals surface area contributed by atoms with E-state index in [-0.39, 0.29) is 18.5 Å². The molecule has 0 bridgehead atoms. The molecule has 0 aliphatic heterocycles. The van der Waals surface area contributed by atoms with E-state index in [1.54, 1.807) is 25.3 Å². The highest BCUT2D eigenvalue weighted by molar-refractivity contribution is 7.92. The third kappa shape index (κ3) is 7.71. The van der Waals surface area contributed by atoms with Crippen molar-refractivity contribution in [1.82, 2.24) is 10.2 Å². The molecule has 0 aliphatic carbocycles. The number of aryl methyl sites for hydroxylation is 2. The van der Waals surface area contributed by atoms with Gasteiger partial charge in [-0.25, -0.2) is 8.42 Å². The summed E-state index contributed by atoms with van der Waals surface area (Å²) in [6.45, 7) is 9.00. The molecule has 0 saturated carbocycles. The Kier molecular flexibility index (Phi) is 9.71. The fourth-order valence-corrected chi connectivity index (χ4v) is 4.81. The van der Waals surface area contributed by atoms with Crippen molar-refractivity contribution >= 4 is 27.5 Å². The van der Waals surface area contributed by atoms with Crippen molar-refractivity contribution < 1.29 is 22.7 Å². The van der Waals surface area contributed by atoms with Crippen molar-refractivity contribution in [3.8, 4) is 5.75 Å². The number of nitrogens with one attached hydrogen (secondary N) is 1. The third-order valence-corrected chi connectivity index (χ3v) is 6.76. The number of rotatable bonds is 11. The number of nitrogens with zero attached hydrogens (tertiary/aromatic N) is 2. The molecule has 1 N–H and O–H groups in total. The van der Waals surface area contributed by atoms with E-state index in [1.165, 1.54) is 4.90 Å². The zero-order chi connectivity index (χ0) is 26.3. The summed E-state index contributed by atoms with van der Waals surface area (Å²) >= 11 is 0. The first kappa shape index (κ1) is 28.2. The summed E-state index contributed by atoms with van der Waals surface area (Å²) in [4.78, 5) is 28.2. The van der Waals surface area contributed by atoms with Crippen molar-refractivity contribution in [1.29, 1.82) is 0 Å². The van der Waals surface area contributed by atoms with Crippen LogP contribution < -0.4 is 14.4 Å². The van der Waals surface area contributed by atoms with Crippen molar-refractivity contribution in [2.24, 2.45) is 0 Å². The Morgan fingerprint density at radius 1 is 1.06 bits per heavy atom. The minimum atomic E-state index is -3.77. The first-order valence-corrected chi connectivity index (χ1v) is 13.5. The summed E-state index contributed by atoms with van der Waals surface area (Å²) in [5.74, 6) is -0.0620. The van der Waals surface area contributed by atoms with Crippen LogP contribution in [-0.4, -0.2) is 57.1 Å². The maximum atomic E-state index is 13.7. The molecule has 8 nitrogen and oxygen atoms in total. The number of benzene rings is 2. The minimum absolute atomic E-state index is 0.0998. The lowest BCUT2D eigenvalue weighted by Gasteiger charge is -2.33. The molecule has 2 aromatic carbocycles. The first-order valence-electron chi connectivity index (χ1n) is 11.6. The summed E-state index contributed by atoms with van der Waals surface area (Å²) in [6.07, 6.45) is 1.46. The van der Waals surface area contributed by atoms with E-state index in [2.05, 4.69) is 5.32 Å². The topological polar surface area (TPSA) is 96.0 Å². The van der Waals surface area contributed by atoms with Crippen LogP contribution in [0.15, 0.2) is 42.5 Å². The molecule has 192 valence electrons. The predicted octanol–water partition coefficient (Wildman–Crippen LogP) is 3.41. The van der Waals surface area contributed by atoms with Crippen molar-refractivity contribution in [3.63, 3.8) is 0 Å². The van der Waals surface area contributed by atoms with Gasteiger partial charge in [-0.15, -0.1) is 0 Å². The molecule has 9 heteroatoms. The van der Waals surface area contributed by atoms with Crippen molar-refractivity contribution in [2.45, 2.75) is 59.7 Å². The van der Waals surface area contributed by atoms with Gasteiger partial charge < -0.3 is 15.0 Å². The van der Waals surface area contributed by atoms with Crippen LogP contribution >= 0.6 is 0 Å². The van der Waals surface area contributed by atoms with Crippen molar-refractivity contribution in [3.05, 3.63) is 59.2 Å². The average molecular weight is 504 g/mol. The summed E-state index contributed by atoms with van der Waals surface area (Å²) in [6, 6.07) is 11.7. The normalized spacial score (nSPS) is 12.2. The molecular formula is C26H37N3O5S. The highest BCUT2D eigenvalue weighted by Crippen LogP contribution is 2.24. The maximum absolute atomic E-state index is 13.7. The third-order valence-electron chi connectivity index (χ3n) is 5.63. The number of hydrogen-bond donors (Lipinski definition) is 1. The molecule has 0 spiro atoms. The highest BCUT2D eigenvalue weighted by Gasteiger charge is 2.32. The second-order valence-electron chi connectivity index (χ2n) is 9.02. The molecule has 0 unspecified atom stereocenters. The molecule has 0 saturated heterocycles. The van der Waals surface area contributed by atoms with Gasteiger partial charge in [0.2, 0.25) is 21.8 Å². The van der Waals surface area contributed by atoms with Crippen LogP contribution in [0, 0.1) is 13.8 Å². The highest BCUT2D eigenvalue weighted by atomic mass is 32.2. The van der Waals surface area contributed by atoms with Gasteiger partial charge in [0.05, 0.1) is 19.1 Å². The summed E-state index contributed by atoms with van der Waals surface area (Å²) in [7, 11) is -2.20. The SMILES string of the molecule is CC[C@@H](C(=O)NC(C)C)N(Cc1ccc(OC)cc1)C(=O)CN(c1ccc(C)cc1C)S(C)(=O)=O. The second-order valence-corrected chi connectivity index (χ2v) is 10.9. The Bertz CT molecular complexity index is 1130. The van der Waals surface area contributed by atoms with Crippen LogP contribution in [0.5, 0.6) is 5.75 Å². The number of hydrogen-bond acceptors (Lipinski definition) is 5. The number of carbonyl (C=O) groups is 2. The number of carbonyl (C=O) groups excluding carboxylic acids is 2. The summed E-state index contributed by atoms with van der Waals surface area (Å²) in [5.41, 5.74) is 2.97. The molecule has 0 heterocycles. The fraction of sp³-hybridized carbons (Fsp3) is 0.462. The van der Waals surface area contributed by atoms with E-state index in [1.807, 2.05) is 58.9 Å². The molecular weight excluding hydrogens is 466 g/mol. The lowest BCUT2D eigenvalue weighted by molar-refractivity contribution is -0.140. The summed E-state index contributed by atoms with van der Waals surface area (Å²) < 4.78 is 31.8. The van der Waals surface area contributed by atoms with Gasteiger partial charge in [-0.1, -0.05) is 36.8 Å². The lowest BCUT2D eigenvalue weighted by atomic mass is 10.1. The number of sulfonamides is 1. The monoisotopic (exact) mass is 503 g/mol. The second kappa shape index (κ2) is 12.1. The van der Waals surface area contributed by atoms with Gasteiger partial charge >= 0.3 is 0 Å². The van der Waals surface area contributed by atoms with Gasteiger partial charge in [0.1, 0.15) is 18.3 Å². The Balaban J connectivity index is 2.46. The molecule has 2 aromatic rings. The van der Waals surface area contributed by atoms with Gasteiger partial charge in [-0.05, 0) is 63.4 Å². The zero-order valence-electron chi connectivity index (χ0n) is 21.7. The number of amides is 2. The van der Waals surface area contributed by atoms with Crippen LogP contribution in [0.3, 0.4) is 0 Å². The van der Waals surface area contributed by atoms with Crippen LogP contribution in [0.4, 0.5) is 5.69 Å². The molecule has 0 aliphatic rings. The Labute approximate surface area is 209 Å².